The molecule has 88 valence electrons. The summed E-state index contributed by atoms with van der Waals surface area (Å²) in [6.45, 7) is 5.62. The molecule has 1 fully saturated rings. The number of aliphatic hydroxyl groups is 1. The highest BCUT2D eigenvalue weighted by Crippen LogP contribution is 2.15. The maximum Gasteiger partial charge on any atom is 0.237 e. The summed E-state index contributed by atoms with van der Waals surface area (Å²) < 4.78 is 0. The molecule has 1 saturated heterocycles. The number of nitrogens with one attached hydrogen (secondary N) is 2. The standard InChI is InChI=1S/C11H22N2O2/c1-8(7-14)6-13-11(15)10-9(2)4-3-5-12-10/h8-10,12,14H,3-7H2,1-2H3,(H,13,15). The molecule has 3 atom stereocenters. The molecule has 3 N–H and O–H groups in total. The van der Waals surface area contributed by atoms with Crippen LogP contribution in [0.2, 0.25) is 0 Å². The van der Waals surface area contributed by atoms with Crippen molar-refractivity contribution in [2.45, 2.75) is 32.7 Å². The van der Waals surface area contributed by atoms with Crippen LogP contribution in [0, 0.1) is 11.8 Å². The second-order valence-electron chi connectivity index (χ2n) is 4.58. The molecule has 0 bridgehead atoms. The molecule has 1 amide bonds. The van der Waals surface area contributed by atoms with Crippen molar-refractivity contribution < 1.29 is 9.90 Å². The molecule has 0 aromatic carbocycles. The Hall–Kier alpha value is -0.610. The van der Waals surface area contributed by atoms with Crippen LogP contribution in [0.3, 0.4) is 0 Å². The number of piperidine rings is 1. The van der Waals surface area contributed by atoms with Crippen molar-refractivity contribution in [3.63, 3.8) is 0 Å². The first-order valence-electron chi connectivity index (χ1n) is 5.77. The lowest BCUT2D eigenvalue weighted by molar-refractivity contribution is -0.125. The molecule has 0 spiro atoms. The Balaban J connectivity index is 2.32. The van der Waals surface area contributed by atoms with E-state index in [4.69, 9.17) is 5.11 Å². The second-order valence-corrected chi connectivity index (χ2v) is 4.58. The van der Waals surface area contributed by atoms with Crippen LogP contribution < -0.4 is 10.6 Å². The van der Waals surface area contributed by atoms with E-state index in [9.17, 15) is 4.79 Å². The van der Waals surface area contributed by atoms with E-state index in [2.05, 4.69) is 17.6 Å². The van der Waals surface area contributed by atoms with Crippen molar-refractivity contribution in [3.05, 3.63) is 0 Å². The average Bonchev–Trinajstić information content (AvgIpc) is 2.26. The van der Waals surface area contributed by atoms with Gasteiger partial charge >= 0.3 is 0 Å². The van der Waals surface area contributed by atoms with Crippen molar-refractivity contribution in [2.24, 2.45) is 11.8 Å². The molecule has 1 aliphatic heterocycles. The molecule has 0 aromatic heterocycles. The Bertz CT molecular complexity index is 209. The van der Waals surface area contributed by atoms with E-state index in [1.165, 1.54) is 0 Å². The van der Waals surface area contributed by atoms with Crippen molar-refractivity contribution >= 4 is 5.91 Å². The Labute approximate surface area is 91.4 Å². The lowest BCUT2D eigenvalue weighted by Gasteiger charge is -2.29. The summed E-state index contributed by atoms with van der Waals surface area (Å²) in [6.07, 6.45) is 2.26. The first-order valence-corrected chi connectivity index (χ1v) is 5.77. The third-order valence-corrected chi connectivity index (χ3v) is 2.99. The number of hydrogen-bond acceptors (Lipinski definition) is 3. The summed E-state index contributed by atoms with van der Waals surface area (Å²) in [6, 6.07) is -0.0513. The van der Waals surface area contributed by atoms with Crippen molar-refractivity contribution in [3.8, 4) is 0 Å². The van der Waals surface area contributed by atoms with Crippen LogP contribution >= 0.6 is 0 Å². The number of aliphatic hydroxyl groups excluding tert-OH is 1. The topological polar surface area (TPSA) is 61.4 Å². The summed E-state index contributed by atoms with van der Waals surface area (Å²) in [5, 5.41) is 15.0. The number of carbonyl (C=O) groups is 1. The molecular weight excluding hydrogens is 192 g/mol. The Kier molecular flexibility index (Phi) is 5.05. The van der Waals surface area contributed by atoms with E-state index < -0.39 is 0 Å². The Morgan fingerprint density at radius 1 is 1.67 bits per heavy atom. The smallest absolute Gasteiger partial charge is 0.237 e. The van der Waals surface area contributed by atoms with Crippen LogP contribution in [0.25, 0.3) is 0 Å². The van der Waals surface area contributed by atoms with E-state index in [-0.39, 0.29) is 24.5 Å². The van der Waals surface area contributed by atoms with Gasteiger partial charge in [0, 0.05) is 13.2 Å². The molecule has 1 aliphatic rings. The number of hydrogen-bond donors (Lipinski definition) is 3. The minimum absolute atomic E-state index is 0.0513. The van der Waals surface area contributed by atoms with Gasteiger partial charge in [-0.3, -0.25) is 4.79 Å². The van der Waals surface area contributed by atoms with Crippen LogP contribution in [-0.4, -0.2) is 36.8 Å². The molecule has 15 heavy (non-hydrogen) atoms. The van der Waals surface area contributed by atoms with E-state index in [0.717, 1.165) is 19.4 Å². The van der Waals surface area contributed by atoms with Crippen LogP contribution in [0.4, 0.5) is 0 Å². The molecule has 0 aliphatic carbocycles. The minimum atomic E-state index is -0.0513. The summed E-state index contributed by atoms with van der Waals surface area (Å²) in [5.41, 5.74) is 0. The molecule has 4 nitrogen and oxygen atoms in total. The molecule has 3 unspecified atom stereocenters. The molecular formula is C11H22N2O2. The first kappa shape index (κ1) is 12.5. The van der Waals surface area contributed by atoms with E-state index in [0.29, 0.717) is 12.5 Å². The predicted molar refractivity (Wildman–Crippen MR) is 59.4 cm³/mol. The number of carbonyl (C=O) groups excluding carboxylic acids is 1. The summed E-state index contributed by atoms with van der Waals surface area (Å²) in [4.78, 5) is 11.8. The maximum atomic E-state index is 11.8. The average molecular weight is 214 g/mol. The lowest BCUT2D eigenvalue weighted by Crippen LogP contribution is -2.51. The van der Waals surface area contributed by atoms with Gasteiger partial charge in [0.05, 0.1) is 6.04 Å². The van der Waals surface area contributed by atoms with Gasteiger partial charge < -0.3 is 15.7 Å². The van der Waals surface area contributed by atoms with E-state index in [1.807, 2.05) is 6.92 Å². The third-order valence-electron chi connectivity index (χ3n) is 2.99. The fourth-order valence-electron chi connectivity index (χ4n) is 1.85. The van der Waals surface area contributed by atoms with Gasteiger partial charge in [0.1, 0.15) is 0 Å². The normalized spacial score (nSPS) is 28.5. The number of amides is 1. The molecule has 0 radical (unpaired) electrons. The molecule has 0 saturated carbocycles. The second kappa shape index (κ2) is 6.08. The zero-order valence-electron chi connectivity index (χ0n) is 9.62. The van der Waals surface area contributed by atoms with Gasteiger partial charge in [0.2, 0.25) is 5.91 Å². The summed E-state index contributed by atoms with van der Waals surface area (Å²) in [5.74, 6) is 0.610. The summed E-state index contributed by atoms with van der Waals surface area (Å²) in [7, 11) is 0. The van der Waals surface area contributed by atoms with Gasteiger partial charge in [-0.15, -0.1) is 0 Å². The van der Waals surface area contributed by atoms with E-state index in [1.54, 1.807) is 0 Å². The summed E-state index contributed by atoms with van der Waals surface area (Å²) >= 11 is 0. The van der Waals surface area contributed by atoms with Crippen LogP contribution in [-0.2, 0) is 4.79 Å². The largest absolute Gasteiger partial charge is 0.396 e. The zero-order chi connectivity index (χ0) is 11.3. The molecule has 1 heterocycles. The van der Waals surface area contributed by atoms with Gasteiger partial charge in [-0.25, -0.2) is 0 Å². The lowest BCUT2D eigenvalue weighted by atomic mass is 9.92. The van der Waals surface area contributed by atoms with Crippen LogP contribution in [0.5, 0.6) is 0 Å². The maximum absolute atomic E-state index is 11.8. The van der Waals surface area contributed by atoms with Crippen molar-refractivity contribution in [1.29, 1.82) is 0 Å². The van der Waals surface area contributed by atoms with Crippen LogP contribution in [0.1, 0.15) is 26.7 Å². The zero-order valence-corrected chi connectivity index (χ0v) is 9.62. The fourth-order valence-corrected chi connectivity index (χ4v) is 1.85. The van der Waals surface area contributed by atoms with Gasteiger partial charge in [0.25, 0.3) is 0 Å². The van der Waals surface area contributed by atoms with E-state index >= 15 is 0 Å². The minimum Gasteiger partial charge on any atom is -0.396 e. The van der Waals surface area contributed by atoms with Gasteiger partial charge in [-0.05, 0) is 31.2 Å². The molecule has 4 heteroatoms. The highest BCUT2D eigenvalue weighted by atomic mass is 16.3. The Morgan fingerprint density at radius 3 is 3.00 bits per heavy atom. The van der Waals surface area contributed by atoms with Crippen molar-refractivity contribution in [1.82, 2.24) is 10.6 Å². The Morgan fingerprint density at radius 2 is 2.40 bits per heavy atom. The monoisotopic (exact) mass is 214 g/mol. The third kappa shape index (κ3) is 3.80. The van der Waals surface area contributed by atoms with Crippen LogP contribution in [0.15, 0.2) is 0 Å². The van der Waals surface area contributed by atoms with Gasteiger partial charge in [0.15, 0.2) is 0 Å². The SMILES string of the molecule is CC(CO)CNC(=O)C1NCCCC1C. The first-order chi connectivity index (χ1) is 7.15. The molecule has 0 aromatic rings. The number of rotatable bonds is 4. The highest BCUT2D eigenvalue weighted by Gasteiger charge is 2.27. The molecule has 1 rings (SSSR count). The predicted octanol–water partition coefficient (Wildman–Crippen LogP) is 0.119. The fraction of sp³-hybridized carbons (Fsp3) is 0.909. The van der Waals surface area contributed by atoms with Gasteiger partial charge in [-0.2, -0.15) is 0 Å². The highest BCUT2D eigenvalue weighted by molar-refractivity contribution is 5.82. The quantitative estimate of drug-likeness (QED) is 0.623. The van der Waals surface area contributed by atoms with Crippen molar-refractivity contribution in [2.75, 3.05) is 19.7 Å². The van der Waals surface area contributed by atoms with Gasteiger partial charge in [-0.1, -0.05) is 13.8 Å².